The Kier molecular flexibility index (Phi) is 5.16. The molecule has 0 saturated heterocycles. The first-order valence-corrected chi connectivity index (χ1v) is 10.4. The van der Waals surface area contributed by atoms with Gasteiger partial charge in [-0.15, -0.1) is 0 Å². The van der Waals surface area contributed by atoms with Crippen LogP contribution >= 0.6 is 0 Å². The number of hydrogen-bond donors (Lipinski definition) is 0. The van der Waals surface area contributed by atoms with Crippen molar-refractivity contribution in [3.05, 3.63) is 35.4 Å². The van der Waals surface area contributed by atoms with Gasteiger partial charge in [0.25, 0.3) is 0 Å². The van der Waals surface area contributed by atoms with Crippen molar-refractivity contribution in [2.45, 2.75) is 51.7 Å². The Morgan fingerprint density at radius 1 is 1.10 bits per heavy atom. The lowest BCUT2D eigenvalue weighted by Gasteiger charge is -2.28. The second-order valence-corrected chi connectivity index (χ2v) is 10.6. The first kappa shape index (κ1) is 15.5. The minimum absolute atomic E-state index is 0.143. The fraction of sp³-hybridized carbons (Fsp3) is 0.588. The molecule has 0 N–H and O–H groups in total. The highest BCUT2D eigenvalue weighted by Gasteiger charge is 2.32. The van der Waals surface area contributed by atoms with E-state index in [1.54, 1.807) is 0 Å². The van der Waals surface area contributed by atoms with Crippen LogP contribution in [0, 0.1) is 5.92 Å². The van der Waals surface area contributed by atoms with E-state index in [0.717, 1.165) is 31.0 Å². The summed E-state index contributed by atoms with van der Waals surface area (Å²) in [5.41, 5.74) is 2.69. The molecule has 3 heteroatoms. The summed E-state index contributed by atoms with van der Waals surface area (Å²) in [6.07, 6.45) is 1.80. The Morgan fingerprint density at radius 2 is 1.60 bits per heavy atom. The molecule has 0 saturated carbocycles. The van der Waals surface area contributed by atoms with Crippen LogP contribution in [-0.4, -0.2) is 20.7 Å². The van der Waals surface area contributed by atoms with Crippen molar-refractivity contribution in [3.63, 3.8) is 0 Å². The Hall–Kier alpha value is -0.933. The summed E-state index contributed by atoms with van der Waals surface area (Å²) < 4.78 is 6.14. The predicted octanol–water partition coefficient (Wildman–Crippen LogP) is 3.99. The molecular formula is C17H26O2Si. The lowest BCUT2D eigenvalue weighted by atomic mass is 10.0. The molecule has 110 valence electrons. The van der Waals surface area contributed by atoms with E-state index < -0.39 is 8.32 Å². The molecule has 1 aromatic carbocycles. The molecule has 1 aliphatic carbocycles. The normalized spacial score (nSPS) is 15.3. The van der Waals surface area contributed by atoms with Crippen LogP contribution in [0.15, 0.2) is 24.3 Å². The fourth-order valence-electron chi connectivity index (χ4n) is 3.18. The maximum absolute atomic E-state index is 12.4. The zero-order chi connectivity index (χ0) is 14.6. The van der Waals surface area contributed by atoms with Gasteiger partial charge < -0.3 is 4.43 Å². The zero-order valence-electron chi connectivity index (χ0n) is 12.9. The molecule has 1 aromatic rings. The highest BCUT2D eigenvalue weighted by Crippen LogP contribution is 2.28. The van der Waals surface area contributed by atoms with Crippen molar-refractivity contribution < 1.29 is 9.22 Å². The zero-order valence-corrected chi connectivity index (χ0v) is 13.9. The summed E-state index contributed by atoms with van der Waals surface area (Å²) >= 11 is 0. The van der Waals surface area contributed by atoms with Crippen LogP contribution in [0.2, 0.25) is 18.1 Å². The van der Waals surface area contributed by atoms with E-state index in [-0.39, 0.29) is 5.92 Å². The van der Waals surface area contributed by atoms with Gasteiger partial charge in [-0.05, 0) is 42.1 Å². The lowest BCUT2D eigenvalue weighted by molar-refractivity contribution is -0.124. The molecule has 0 fully saturated rings. The molecule has 2 rings (SSSR count). The molecule has 0 unspecified atom stereocenters. The summed E-state index contributed by atoms with van der Waals surface area (Å²) in [7, 11) is -1.63. The molecule has 0 aliphatic heterocycles. The van der Waals surface area contributed by atoms with E-state index in [9.17, 15) is 4.79 Å². The van der Waals surface area contributed by atoms with Gasteiger partial charge in [0.15, 0.2) is 14.1 Å². The van der Waals surface area contributed by atoms with E-state index >= 15 is 0 Å². The first-order chi connectivity index (χ1) is 9.64. The van der Waals surface area contributed by atoms with Crippen molar-refractivity contribution in [1.29, 1.82) is 0 Å². The smallest absolute Gasteiger partial charge is 0.192 e. The minimum Gasteiger partial charge on any atom is -0.410 e. The van der Waals surface area contributed by atoms with Crippen LogP contribution in [0.5, 0.6) is 0 Å². The topological polar surface area (TPSA) is 26.3 Å². The number of fused-ring (bicyclic) bond motifs is 1. The third-order valence-electron chi connectivity index (χ3n) is 4.96. The lowest BCUT2D eigenvalue weighted by Crippen LogP contribution is -2.38. The molecule has 0 heterocycles. The van der Waals surface area contributed by atoms with Gasteiger partial charge in [-0.25, -0.2) is 0 Å². The quantitative estimate of drug-likeness (QED) is 0.710. The Morgan fingerprint density at radius 3 is 2.05 bits per heavy atom. The maximum atomic E-state index is 12.4. The average molecular weight is 290 g/mol. The third-order valence-corrected chi connectivity index (χ3v) is 9.58. The summed E-state index contributed by atoms with van der Waals surface area (Å²) in [4.78, 5) is 12.4. The second kappa shape index (κ2) is 6.68. The third kappa shape index (κ3) is 3.21. The van der Waals surface area contributed by atoms with E-state index in [1.165, 1.54) is 11.1 Å². The molecule has 0 radical (unpaired) electrons. The van der Waals surface area contributed by atoms with Crippen LogP contribution < -0.4 is 0 Å². The summed E-state index contributed by atoms with van der Waals surface area (Å²) in [5, 5.41) is 0. The number of hydrogen-bond acceptors (Lipinski definition) is 2. The van der Waals surface area contributed by atoms with E-state index in [2.05, 4.69) is 45.0 Å². The molecule has 0 bridgehead atoms. The monoisotopic (exact) mass is 290 g/mol. The minimum atomic E-state index is -1.63. The van der Waals surface area contributed by atoms with Gasteiger partial charge in [-0.3, -0.25) is 4.79 Å². The standard InChI is InChI=1S/C17H26O2Si/c1-4-20(5-2,6-3)19-13-17(18)16-11-14-9-7-8-10-15(14)12-16/h7-10,16H,4-6,11-13H2,1-3H3. The SMILES string of the molecule is CC[Si](CC)(CC)OCC(=O)C1Cc2ccccc2C1. The predicted molar refractivity (Wildman–Crippen MR) is 85.5 cm³/mol. The Labute approximate surface area is 123 Å². The van der Waals surface area contributed by atoms with Gasteiger partial charge in [-0.2, -0.15) is 0 Å². The molecule has 2 nitrogen and oxygen atoms in total. The van der Waals surface area contributed by atoms with Gasteiger partial charge in [0.05, 0.1) is 6.61 Å². The van der Waals surface area contributed by atoms with Gasteiger partial charge in [0, 0.05) is 5.92 Å². The molecule has 0 spiro atoms. The largest absolute Gasteiger partial charge is 0.410 e. The van der Waals surface area contributed by atoms with E-state index in [0.29, 0.717) is 12.4 Å². The second-order valence-electron chi connectivity index (χ2n) is 5.87. The highest BCUT2D eigenvalue weighted by atomic mass is 28.4. The number of benzene rings is 1. The molecule has 0 aromatic heterocycles. The van der Waals surface area contributed by atoms with Crippen molar-refractivity contribution in [3.8, 4) is 0 Å². The van der Waals surface area contributed by atoms with Gasteiger partial charge in [0.1, 0.15) is 0 Å². The number of ketones is 1. The highest BCUT2D eigenvalue weighted by molar-refractivity contribution is 6.73. The van der Waals surface area contributed by atoms with Crippen LogP contribution in [0.3, 0.4) is 0 Å². The Bertz CT molecular complexity index is 433. The fourth-order valence-corrected chi connectivity index (χ4v) is 5.75. The van der Waals surface area contributed by atoms with Crippen LogP contribution in [0.1, 0.15) is 31.9 Å². The molecule has 1 aliphatic rings. The molecular weight excluding hydrogens is 264 g/mol. The summed E-state index contributed by atoms with van der Waals surface area (Å²) in [5.74, 6) is 0.443. The Balaban J connectivity index is 1.91. The van der Waals surface area contributed by atoms with Crippen molar-refractivity contribution in [2.24, 2.45) is 5.92 Å². The number of rotatable bonds is 7. The molecule has 0 amide bonds. The van der Waals surface area contributed by atoms with Crippen molar-refractivity contribution in [1.82, 2.24) is 0 Å². The maximum Gasteiger partial charge on any atom is 0.192 e. The summed E-state index contributed by atoms with van der Waals surface area (Å²) in [6, 6.07) is 11.7. The van der Waals surface area contributed by atoms with E-state index in [4.69, 9.17) is 4.43 Å². The molecule has 0 atom stereocenters. The van der Waals surface area contributed by atoms with Gasteiger partial charge in [0.2, 0.25) is 0 Å². The number of Topliss-reactive ketones (excluding diaryl/α,β-unsaturated/α-hetero) is 1. The van der Waals surface area contributed by atoms with E-state index in [1.807, 2.05) is 0 Å². The van der Waals surface area contributed by atoms with Gasteiger partial charge >= 0.3 is 0 Å². The number of carbonyl (C=O) groups excluding carboxylic acids is 1. The van der Waals surface area contributed by atoms with Crippen LogP contribution in [-0.2, 0) is 22.1 Å². The van der Waals surface area contributed by atoms with Crippen LogP contribution in [0.4, 0.5) is 0 Å². The van der Waals surface area contributed by atoms with Gasteiger partial charge in [-0.1, -0.05) is 45.0 Å². The number of carbonyl (C=O) groups is 1. The summed E-state index contributed by atoms with van der Waals surface area (Å²) in [6.45, 7) is 6.94. The van der Waals surface area contributed by atoms with Crippen molar-refractivity contribution in [2.75, 3.05) is 6.61 Å². The molecule has 20 heavy (non-hydrogen) atoms. The van der Waals surface area contributed by atoms with Crippen LogP contribution in [0.25, 0.3) is 0 Å². The average Bonchev–Trinajstić information content (AvgIpc) is 2.93. The van der Waals surface area contributed by atoms with Crippen molar-refractivity contribution >= 4 is 14.1 Å². The first-order valence-electron chi connectivity index (χ1n) is 7.87.